The van der Waals surface area contributed by atoms with Crippen LogP contribution in [0.25, 0.3) is 0 Å². The molecule has 0 bridgehead atoms. The Hall–Kier alpha value is -1.35. The van der Waals surface area contributed by atoms with E-state index in [1.54, 1.807) is 0 Å². The maximum absolute atomic E-state index is 12.3. The molecule has 0 saturated heterocycles. The Morgan fingerprint density at radius 1 is 1.35 bits per heavy atom. The SMILES string of the molecule is CNC(C)C(=O)N1CCCCc2ccccc21. The molecule has 92 valence electrons. The lowest BCUT2D eigenvalue weighted by Gasteiger charge is -2.25. The molecule has 1 aromatic rings. The number of amides is 1. The van der Waals surface area contributed by atoms with Crippen molar-refractivity contribution in [1.82, 2.24) is 5.32 Å². The van der Waals surface area contributed by atoms with Crippen molar-refractivity contribution in [2.24, 2.45) is 0 Å². The van der Waals surface area contributed by atoms with Gasteiger partial charge in [-0.3, -0.25) is 4.79 Å². The monoisotopic (exact) mass is 232 g/mol. The average molecular weight is 232 g/mol. The van der Waals surface area contributed by atoms with E-state index in [0.29, 0.717) is 0 Å². The van der Waals surface area contributed by atoms with Crippen LogP contribution >= 0.6 is 0 Å². The first-order valence-corrected chi connectivity index (χ1v) is 6.30. The lowest BCUT2D eigenvalue weighted by molar-refractivity contribution is -0.120. The summed E-state index contributed by atoms with van der Waals surface area (Å²) in [5.41, 5.74) is 2.39. The molecule has 17 heavy (non-hydrogen) atoms. The van der Waals surface area contributed by atoms with Gasteiger partial charge in [0.05, 0.1) is 6.04 Å². The summed E-state index contributed by atoms with van der Waals surface area (Å²) in [6, 6.07) is 8.12. The van der Waals surface area contributed by atoms with Crippen LogP contribution in [0.3, 0.4) is 0 Å². The Balaban J connectivity index is 2.31. The zero-order valence-corrected chi connectivity index (χ0v) is 10.6. The summed E-state index contributed by atoms with van der Waals surface area (Å²) in [5.74, 6) is 0.168. The highest BCUT2D eigenvalue weighted by Gasteiger charge is 2.23. The van der Waals surface area contributed by atoms with Crippen LogP contribution in [0.5, 0.6) is 0 Å². The van der Waals surface area contributed by atoms with Crippen molar-refractivity contribution in [3.05, 3.63) is 29.8 Å². The van der Waals surface area contributed by atoms with Crippen LogP contribution in [-0.2, 0) is 11.2 Å². The van der Waals surface area contributed by atoms with Gasteiger partial charge >= 0.3 is 0 Å². The minimum absolute atomic E-state index is 0.124. The van der Waals surface area contributed by atoms with E-state index in [0.717, 1.165) is 31.5 Å². The number of nitrogens with zero attached hydrogens (tertiary/aromatic N) is 1. The molecule has 1 N–H and O–H groups in total. The Labute approximate surface area is 103 Å². The molecule has 0 radical (unpaired) electrons. The largest absolute Gasteiger partial charge is 0.311 e. The number of nitrogens with one attached hydrogen (secondary N) is 1. The van der Waals surface area contributed by atoms with Gasteiger partial charge in [-0.1, -0.05) is 18.2 Å². The molecule has 3 nitrogen and oxygen atoms in total. The molecule has 1 aromatic carbocycles. The molecular weight excluding hydrogens is 212 g/mol. The predicted molar refractivity (Wildman–Crippen MR) is 70.3 cm³/mol. The van der Waals surface area contributed by atoms with Crippen LogP contribution in [0.2, 0.25) is 0 Å². The number of benzene rings is 1. The fourth-order valence-electron chi connectivity index (χ4n) is 2.28. The van der Waals surface area contributed by atoms with Crippen molar-refractivity contribution in [2.45, 2.75) is 32.2 Å². The fourth-order valence-corrected chi connectivity index (χ4v) is 2.28. The number of para-hydroxylation sites is 1. The maximum atomic E-state index is 12.3. The summed E-state index contributed by atoms with van der Waals surface area (Å²) in [7, 11) is 1.83. The lowest BCUT2D eigenvalue weighted by atomic mass is 10.1. The summed E-state index contributed by atoms with van der Waals surface area (Å²) < 4.78 is 0. The van der Waals surface area contributed by atoms with Crippen molar-refractivity contribution < 1.29 is 4.79 Å². The third kappa shape index (κ3) is 2.50. The number of anilines is 1. The van der Waals surface area contributed by atoms with Crippen LogP contribution in [0.15, 0.2) is 24.3 Å². The van der Waals surface area contributed by atoms with E-state index in [9.17, 15) is 4.79 Å². The third-order valence-corrected chi connectivity index (χ3v) is 3.43. The molecule has 0 saturated carbocycles. The maximum Gasteiger partial charge on any atom is 0.243 e. The molecule has 1 heterocycles. The number of fused-ring (bicyclic) bond motifs is 1. The van der Waals surface area contributed by atoms with Gasteiger partial charge in [-0.25, -0.2) is 0 Å². The van der Waals surface area contributed by atoms with Crippen LogP contribution in [0.1, 0.15) is 25.3 Å². The summed E-state index contributed by atoms with van der Waals surface area (Å²) >= 11 is 0. The highest BCUT2D eigenvalue weighted by molar-refractivity contribution is 5.97. The van der Waals surface area contributed by atoms with Crippen LogP contribution in [-0.4, -0.2) is 25.5 Å². The third-order valence-electron chi connectivity index (χ3n) is 3.43. The van der Waals surface area contributed by atoms with E-state index in [-0.39, 0.29) is 11.9 Å². The number of carbonyl (C=O) groups is 1. The first-order valence-electron chi connectivity index (χ1n) is 6.30. The first kappa shape index (κ1) is 12.1. The van der Waals surface area contributed by atoms with E-state index in [1.165, 1.54) is 5.56 Å². The van der Waals surface area contributed by atoms with Gasteiger partial charge in [-0.2, -0.15) is 0 Å². The molecule has 0 spiro atoms. The zero-order valence-electron chi connectivity index (χ0n) is 10.6. The Morgan fingerprint density at radius 2 is 2.12 bits per heavy atom. The van der Waals surface area contributed by atoms with Crippen LogP contribution in [0.4, 0.5) is 5.69 Å². The highest BCUT2D eigenvalue weighted by Crippen LogP contribution is 2.26. The second kappa shape index (κ2) is 5.32. The molecule has 0 aliphatic carbocycles. The molecule has 0 aromatic heterocycles. The molecule has 3 heteroatoms. The average Bonchev–Trinajstić information content (AvgIpc) is 2.59. The normalized spacial score (nSPS) is 17.2. The van der Waals surface area contributed by atoms with Crippen molar-refractivity contribution in [1.29, 1.82) is 0 Å². The number of rotatable bonds is 2. The van der Waals surface area contributed by atoms with Crippen molar-refractivity contribution in [3.8, 4) is 0 Å². The lowest BCUT2D eigenvalue weighted by Crippen LogP contribution is -2.44. The van der Waals surface area contributed by atoms with E-state index in [2.05, 4.69) is 17.4 Å². The highest BCUT2D eigenvalue weighted by atomic mass is 16.2. The van der Waals surface area contributed by atoms with E-state index in [4.69, 9.17) is 0 Å². The summed E-state index contributed by atoms with van der Waals surface area (Å²) in [6.45, 7) is 2.75. The summed E-state index contributed by atoms with van der Waals surface area (Å²) in [6.07, 6.45) is 3.32. The summed E-state index contributed by atoms with van der Waals surface area (Å²) in [4.78, 5) is 14.2. The fraction of sp³-hybridized carbons (Fsp3) is 0.500. The molecule has 1 amide bonds. The van der Waals surface area contributed by atoms with Crippen LogP contribution in [0, 0.1) is 0 Å². The number of hydrogen-bond acceptors (Lipinski definition) is 2. The first-order chi connectivity index (χ1) is 8.24. The molecule has 2 rings (SSSR count). The Morgan fingerprint density at radius 3 is 2.88 bits per heavy atom. The van der Waals surface area contributed by atoms with Gasteiger partial charge in [-0.05, 0) is 44.9 Å². The summed E-state index contributed by atoms with van der Waals surface area (Å²) in [5, 5.41) is 3.02. The molecule has 1 unspecified atom stereocenters. The van der Waals surface area contributed by atoms with Crippen molar-refractivity contribution >= 4 is 11.6 Å². The predicted octanol–water partition coefficient (Wildman–Crippen LogP) is 1.96. The zero-order chi connectivity index (χ0) is 12.3. The molecule has 0 fully saturated rings. The number of aryl methyl sites for hydroxylation is 1. The second-order valence-corrected chi connectivity index (χ2v) is 4.59. The van der Waals surface area contributed by atoms with Gasteiger partial charge in [0.2, 0.25) is 5.91 Å². The minimum Gasteiger partial charge on any atom is -0.311 e. The van der Waals surface area contributed by atoms with Gasteiger partial charge in [0.1, 0.15) is 0 Å². The molecular formula is C14H20N2O. The second-order valence-electron chi connectivity index (χ2n) is 4.59. The van der Waals surface area contributed by atoms with Crippen LogP contribution < -0.4 is 10.2 Å². The topological polar surface area (TPSA) is 32.3 Å². The smallest absolute Gasteiger partial charge is 0.243 e. The number of likely N-dealkylation sites (N-methyl/N-ethyl adjacent to an activating group) is 1. The van der Waals surface area contributed by atoms with Gasteiger partial charge in [-0.15, -0.1) is 0 Å². The van der Waals surface area contributed by atoms with E-state index in [1.807, 2.05) is 31.0 Å². The molecule has 1 aliphatic heterocycles. The number of hydrogen-bond donors (Lipinski definition) is 1. The van der Waals surface area contributed by atoms with E-state index >= 15 is 0 Å². The number of carbonyl (C=O) groups excluding carboxylic acids is 1. The standard InChI is InChI=1S/C14H20N2O/c1-11(15-2)14(17)16-10-6-5-8-12-7-3-4-9-13(12)16/h3-4,7,9,11,15H,5-6,8,10H2,1-2H3. The molecule has 1 atom stereocenters. The van der Waals surface area contributed by atoms with Crippen molar-refractivity contribution in [3.63, 3.8) is 0 Å². The molecule has 1 aliphatic rings. The van der Waals surface area contributed by atoms with Gasteiger partial charge in [0.15, 0.2) is 0 Å². The Kier molecular flexibility index (Phi) is 3.79. The van der Waals surface area contributed by atoms with E-state index < -0.39 is 0 Å². The van der Waals surface area contributed by atoms with Crippen molar-refractivity contribution in [2.75, 3.05) is 18.5 Å². The van der Waals surface area contributed by atoms with Gasteiger partial charge < -0.3 is 10.2 Å². The quantitative estimate of drug-likeness (QED) is 0.845. The van der Waals surface area contributed by atoms with Gasteiger partial charge in [0.25, 0.3) is 0 Å². The Bertz CT molecular complexity index is 403. The minimum atomic E-state index is -0.124. The van der Waals surface area contributed by atoms with Gasteiger partial charge in [0, 0.05) is 12.2 Å².